The van der Waals surface area contributed by atoms with Crippen LogP contribution in [0, 0.1) is 11.2 Å². The average Bonchev–Trinajstić information content (AvgIpc) is 3.15. The molecule has 1 spiro atoms. The Hall–Kier alpha value is -3.18. The topological polar surface area (TPSA) is 118 Å². The molecule has 0 amide bonds. The number of benzene rings is 1. The Bertz CT molecular complexity index is 1370. The molecule has 170 valence electrons. The van der Waals surface area contributed by atoms with Gasteiger partial charge in [0.25, 0.3) is 0 Å². The number of aromatic nitrogens is 5. The van der Waals surface area contributed by atoms with E-state index in [0.717, 1.165) is 42.2 Å². The van der Waals surface area contributed by atoms with Gasteiger partial charge in [0.2, 0.25) is 0 Å². The van der Waals surface area contributed by atoms with E-state index >= 15 is 0 Å². The Kier molecular flexibility index (Phi) is 4.59. The number of ether oxygens (including phenoxy) is 1. The first-order valence-corrected chi connectivity index (χ1v) is 12.0. The molecule has 2 fully saturated rings. The monoisotopic (exact) mass is 466 g/mol. The lowest BCUT2D eigenvalue weighted by atomic mass is 9.60. The largest absolute Gasteiger partial charge is 0.421 e. The molecular weight excluding hydrogens is 443 g/mol. The van der Waals surface area contributed by atoms with Crippen LogP contribution in [0.2, 0.25) is 0 Å². The van der Waals surface area contributed by atoms with Gasteiger partial charge in [-0.3, -0.25) is 0 Å². The number of rotatable bonds is 5. The number of fused-ring (bicyclic) bond motifs is 3. The highest BCUT2D eigenvalue weighted by molar-refractivity contribution is 7.98. The van der Waals surface area contributed by atoms with Gasteiger partial charge in [-0.25, -0.2) is 14.4 Å². The first-order valence-electron chi connectivity index (χ1n) is 10.7. The van der Waals surface area contributed by atoms with Crippen molar-refractivity contribution < 1.29 is 9.13 Å². The molecule has 4 aromatic rings. The summed E-state index contributed by atoms with van der Waals surface area (Å²) in [6.45, 7) is 1.62. The van der Waals surface area contributed by atoms with Crippen molar-refractivity contribution in [2.24, 2.45) is 11.1 Å². The molecule has 4 N–H and O–H groups in total. The zero-order valence-corrected chi connectivity index (χ0v) is 19.0. The van der Waals surface area contributed by atoms with E-state index in [9.17, 15) is 4.39 Å². The fourth-order valence-electron chi connectivity index (χ4n) is 4.84. The van der Waals surface area contributed by atoms with E-state index in [1.54, 1.807) is 19.4 Å². The molecule has 1 aromatic carbocycles. The summed E-state index contributed by atoms with van der Waals surface area (Å²) in [4.78, 5) is 23.3. The van der Waals surface area contributed by atoms with Gasteiger partial charge < -0.3 is 25.7 Å². The van der Waals surface area contributed by atoms with Gasteiger partial charge in [0.15, 0.2) is 10.9 Å². The number of nitrogens with two attached hydrogens (primary N) is 1. The van der Waals surface area contributed by atoms with Gasteiger partial charge in [-0.1, -0.05) is 11.8 Å². The first-order chi connectivity index (χ1) is 16.0. The third-order valence-electron chi connectivity index (χ3n) is 6.80. The van der Waals surface area contributed by atoms with Crippen LogP contribution in [0.3, 0.4) is 0 Å². The summed E-state index contributed by atoms with van der Waals surface area (Å²) in [5, 5.41) is 5.20. The van der Waals surface area contributed by atoms with Gasteiger partial charge in [0, 0.05) is 37.0 Å². The molecule has 1 atom stereocenters. The highest BCUT2D eigenvalue weighted by Crippen LogP contribution is 2.50. The highest BCUT2D eigenvalue weighted by atomic mass is 32.2. The molecular formula is C22H23FN8OS. The van der Waals surface area contributed by atoms with Gasteiger partial charge in [-0.05, 0) is 31.2 Å². The minimum atomic E-state index is -0.328. The van der Waals surface area contributed by atoms with Gasteiger partial charge in [-0.2, -0.15) is 9.97 Å². The Morgan fingerprint density at radius 2 is 2.06 bits per heavy atom. The number of aromatic amines is 1. The second-order valence-corrected chi connectivity index (χ2v) is 9.45. The van der Waals surface area contributed by atoms with Crippen molar-refractivity contribution in [1.82, 2.24) is 24.9 Å². The van der Waals surface area contributed by atoms with Crippen molar-refractivity contribution in [2.75, 3.05) is 36.6 Å². The first kappa shape index (κ1) is 20.4. The van der Waals surface area contributed by atoms with Crippen LogP contribution in [0.15, 0.2) is 29.7 Å². The maximum Gasteiger partial charge on any atom is 0.326 e. The number of nitrogens with zero attached hydrogens (tertiary/aromatic N) is 5. The summed E-state index contributed by atoms with van der Waals surface area (Å²) in [5.41, 5.74) is 8.43. The molecule has 1 saturated carbocycles. The third-order valence-corrected chi connectivity index (χ3v) is 7.38. The second-order valence-electron chi connectivity index (χ2n) is 8.68. The molecule has 3 aromatic heterocycles. The Morgan fingerprint density at radius 1 is 1.27 bits per heavy atom. The lowest BCUT2D eigenvalue weighted by Crippen LogP contribution is -2.69. The smallest absolute Gasteiger partial charge is 0.326 e. The van der Waals surface area contributed by atoms with E-state index in [-0.39, 0.29) is 23.3 Å². The fraction of sp³-hybridized carbons (Fsp3) is 0.364. The maximum absolute atomic E-state index is 14.4. The summed E-state index contributed by atoms with van der Waals surface area (Å²) < 4.78 is 20.3. The van der Waals surface area contributed by atoms with Crippen LogP contribution in [0.5, 0.6) is 11.8 Å². The molecule has 0 radical (unpaired) electrons. The van der Waals surface area contributed by atoms with Gasteiger partial charge in [-0.15, -0.1) is 0 Å². The van der Waals surface area contributed by atoms with Crippen LogP contribution in [0.1, 0.15) is 12.8 Å². The molecule has 1 aliphatic carbocycles. The summed E-state index contributed by atoms with van der Waals surface area (Å²) >= 11 is 1.45. The summed E-state index contributed by atoms with van der Waals surface area (Å²) in [5.74, 6) is 0.823. The van der Waals surface area contributed by atoms with E-state index in [4.69, 9.17) is 15.5 Å². The average molecular weight is 467 g/mol. The van der Waals surface area contributed by atoms with Gasteiger partial charge in [0.1, 0.15) is 17.3 Å². The van der Waals surface area contributed by atoms with Crippen molar-refractivity contribution >= 4 is 45.2 Å². The normalized spacial score (nSPS) is 19.0. The molecule has 1 saturated heterocycles. The summed E-state index contributed by atoms with van der Waals surface area (Å²) in [6.07, 6.45) is 7.27. The van der Waals surface area contributed by atoms with Crippen molar-refractivity contribution in [2.45, 2.75) is 24.0 Å². The number of anilines is 2. The van der Waals surface area contributed by atoms with E-state index in [0.29, 0.717) is 28.1 Å². The van der Waals surface area contributed by atoms with Crippen LogP contribution in [0.25, 0.3) is 21.9 Å². The Labute approximate surface area is 193 Å². The number of hydrogen-bond donors (Lipinski definition) is 3. The molecule has 2 aliphatic rings. The van der Waals surface area contributed by atoms with Gasteiger partial charge in [0.05, 0.1) is 29.0 Å². The van der Waals surface area contributed by atoms with Crippen molar-refractivity contribution in [1.29, 1.82) is 0 Å². The summed E-state index contributed by atoms with van der Waals surface area (Å²) in [6, 6.07) is 3.36. The molecule has 33 heavy (non-hydrogen) atoms. The third kappa shape index (κ3) is 3.17. The van der Waals surface area contributed by atoms with Crippen LogP contribution in [-0.2, 0) is 0 Å². The van der Waals surface area contributed by atoms with Gasteiger partial charge >= 0.3 is 6.01 Å². The molecule has 0 bridgehead atoms. The van der Waals surface area contributed by atoms with E-state index in [2.05, 4.69) is 30.2 Å². The zero-order chi connectivity index (χ0) is 22.7. The van der Waals surface area contributed by atoms with Crippen molar-refractivity contribution in [3.05, 3.63) is 30.3 Å². The second kappa shape index (κ2) is 7.42. The number of thioether (sulfide) groups is 1. The number of nitrogens with one attached hydrogen (secondary N) is 2. The predicted octanol–water partition coefficient (Wildman–Crippen LogP) is 3.52. The Balaban J connectivity index is 1.47. The van der Waals surface area contributed by atoms with E-state index in [1.165, 1.54) is 23.9 Å². The standard InChI is InChI=1S/C22H23FN8OS/c1-25-14-6-11(23)5-13-16-18(28-17(13)14)29-20(32-12-7-26-21(33-2)27-8-12)30-19(16)31-9-22(10-31)4-3-15(22)24/h5-8,15,25H,3-4,9-10,24H2,1-2H3,(H,28,29,30)/t15-/m1/s1. The predicted molar refractivity (Wildman–Crippen MR) is 127 cm³/mol. The lowest BCUT2D eigenvalue weighted by Gasteiger charge is -2.60. The van der Waals surface area contributed by atoms with Crippen LogP contribution in [0.4, 0.5) is 15.9 Å². The number of H-pyrrole nitrogens is 1. The lowest BCUT2D eigenvalue weighted by molar-refractivity contribution is 0.0559. The number of hydrogen-bond acceptors (Lipinski definition) is 9. The zero-order valence-electron chi connectivity index (χ0n) is 18.2. The molecule has 9 nitrogen and oxygen atoms in total. The fourth-order valence-corrected chi connectivity index (χ4v) is 5.16. The number of halogens is 1. The molecule has 6 rings (SSSR count). The van der Waals surface area contributed by atoms with E-state index < -0.39 is 0 Å². The van der Waals surface area contributed by atoms with E-state index in [1.807, 2.05) is 6.26 Å². The highest BCUT2D eigenvalue weighted by Gasteiger charge is 2.53. The maximum atomic E-state index is 14.4. The van der Waals surface area contributed by atoms with Crippen LogP contribution >= 0.6 is 11.8 Å². The molecule has 1 aliphatic heterocycles. The molecule has 4 heterocycles. The minimum absolute atomic E-state index is 0.146. The van der Waals surface area contributed by atoms with Crippen molar-refractivity contribution in [3.8, 4) is 11.8 Å². The van der Waals surface area contributed by atoms with Crippen LogP contribution in [-0.4, -0.2) is 57.4 Å². The molecule has 0 unspecified atom stereocenters. The summed E-state index contributed by atoms with van der Waals surface area (Å²) in [7, 11) is 1.76. The SMILES string of the molecule is CNc1cc(F)cc2c1[nH]c1nc(Oc3cnc(SC)nc3)nc(N3CC4(CC[C@H]4N)C3)c12. The van der Waals surface area contributed by atoms with Crippen molar-refractivity contribution in [3.63, 3.8) is 0 Å². The minimum Gasteiger partial charge on any atom is -0.421 e. The van der Waals surface area contributed by atoms with Crippen LogP contribution < -0.4 is 20.7 Å². The quantitative estimate of drug-likeness (QED) is 0.300. The molecule has 11 heteroatoms. The Morgan fingerprint density at radius 3 is 2.70 bits per heavy atom.